The van der Waals surface area contributed by atoms with Crippen LogP contribution in [0.25, 0.3) is 11.0 Å². The largest absolute Gasteiger partial charge is 0.449 e. The number of carbonyl (C=O) groups excluding carboxylic acids is 1. The van der Waals surface area contributed by atoms with E-state index in [9.17, 15) is 13.2 Å². The molecule has 2 heterocycles. The van der Waals surface area contributed by atoms with Crippen LogP contribution in [-0.4, -0.2) is 43.3 Å². The zero-order chi connectivity index (χ0) is 16.8. The molecule has 124 valence electrons. The van der Waals surface area contributed by atoms with Gasteiger partial charge in [-0.05, 0) is 26.3 Å². The lowest BCUT2D eigenvalue weighted by atomic mass is 10.1. The van der Waals surface area contributed by atoms with Crippen molar-refractivity contribution in [2.75, 3.05) is 18.1 Å². The minimum absolute atomic E-state index is 0.0204. The zero-order valence-electron chi connectivity index (χ0n) is 13.0. The highest BCUT2D eigenvalue weighted by molar-refractivity contribution is 7.91. The number of carbonyl (C=O) groups is 1. The van der Waals surface area contributed by atoms with Crippen LogP contribution in [0, 0.1) is 6.92 Å². The molecule has 1 aliphatic heterocycles. The predicted molar refractivity (Wildman–Crippen MR) is 89.7 cm³/mol. The van der Waals surface area contributed by atoms with Gasteiger partial charge in [-0.1, -0.05) is 23.7 Å². The first-order valence-corrected chi connectivity index (χ1v) is 9.73. The van der Waals surface area contributed by atoms with Crippen LogP contribution in [0.1, 0.15) is 29.5 Å². The fraction of sp³-hybridized carbons (Fsp3) is 0.438. The van der Waals surface area contributed by atoms with Crippen molar-refractivity contribution in [3.63, 3.8) is 0 Å². The summed E-state index contributed by atoms with van der Waals surface area (Å²) in [6.07, 6.45) is 0.474. The molecule has 1 aromatic carbocycles. The second-order valence-electron chi connectivity index (χ2n) is 5.82. The number of rotatable bonds is 3. The van der Waals surface area contributed by atoms with Gasteiger partial charge in [0.2, 0.25) is 0 Å². The summed E-state index contributed by atoms with van der Waals surface area (Å²) in [6.45, 7) is 4.09. The molecule has 0 bridgehead atoms. The Balaban J connectivity index is 1.99. The van der Waals surface area contributed by atoms with Crippen LogP contribution in [0.3, 0.4) is 0 Å². The van der Waals surface area contributed by atoms with Crippen LogP contribution >= 0.6 is 11.6 Å². The summed E-state index contributed by atoms with van der Waals surface area (Å²) in [7, 11) is -3.05. The quantitative estimate of drug-likeness (QED) is 0.848. The van der Waals surface area contributed by atoms with Gasteiger partial charge in [-0.25, -0.2) is 8.42 Å². The molecule has 1 amide bonds. The smallest absolute Gasteiger partial charge is 0.290 e. The van der Waals surface area contributed by atoms with Crippen molar-refractivity contribution >= 4 is 38.3 Å². The first-order valence-electron chi connectivity index (χ1n) is 7.53. The Morgan fingerprint density at radius 1 is 1.43 bits per heavy atom. The number of sulfone groups is 1. The molecular formula is C16H18ClNO4S. The van der Waals surface area contributed by atoms with Crippen molar-refractivity contribution in [1.29, 1.82) is 0 Å². The molecule has 0 radical (unpaired) electrons. The monoisotopic (exact) mass is 355 g/mol. The highest BCUT2D eigenvalue weighted by atomic mass is 35.5. The lowest BCUT2D eigenvalue weighted by Gasteiger charge is -2.26. The predicted octanol–water partition coefficient (Wildman–Crippen LogP) is 3.04. The maximum atomic E-state index is 12.9. The molecule has 1 fully saturated rings. The number of fused-ring (bicyclic) bond motifs is 1. The van der Waals surface area contributed by atoms with Gasteiger partial charge >= 0.3 is 0 Å². The van der Waals surface area contributed by atoms with Crippen LogP contribution < -0.4 is 0 Å². The maximum Gasteiger partial charge on any atom is 0.290 e. The van der Waals surface area contributed by atoms with Crippen molar-refractivity contribution < 1.29 is 17.6 Å². The molecule has 1 aromatic heterocycles. The third-order valence-electron chi connectivity index (χ3n) is 4.36. The van der Waals surface area contributed by atoms with Crippen molar-refractivity contribution in [2.24, 2.45) is 0 Å². The van der Waals surface area contributed by atoms with E-state index in [1.807, 2.05) is 26.0 Å². The van der Waals surface area contributed by atoms with Crippen LogP contribution in [0.2, 0.25) is 5.02 Å². The Hall–Kier alpha value is -1.53. The average Bonchev–Trinajstić information content (AvgIpc) is 3.02. The number of aryl methyl sites for hydroxylation is 1. The summed E-state index contributed by atoms with van der Waals surface area (Å²) in [5.41, 5.74) is 1.22. The molecular weight excluding hydrogens is 338 g/mol. The molecule has 7 heteroatoms. The zero-order valence-corrected chi connectivity index (χ0v) is 14.6. The Bertz CT molecular complexity index is 872. The topological polar surface area (TPSA) is 67.6 Å². The molecule has 3 rings (SSSR count). The van der Waals surface area contributed by atoms with E-state index < -0.39 is 9.84 Å². The van der Waals surface area contributed by atoms with Crippen LogP contribution in [-0.2, 0) is 9.84 Å². The molecule has 1 unspecified atom stereocenters. The van der Waals surface area contributed by atoms with Crippen LogP contribution in [0.5, 0.6) is 0 Å². The van der Waals surface area contributed by atoms with Gasteiger partial charge in [0.05, 0.1) is 16.5 Å². The SMILES string of the molecule is CCN(C(=O)c1oc2c(Cl)cccc2c1C)C1CCS(=O)(=O)C1. The van der Waals surface area contributed by atoms with Crippen molar-refractivity contribution in [3.8, 4) is 0 Å². The van der Waals surface area contributed by atoms with Gasteiger partial charge in [0.1, 0.15) is 0 Å². The summed E-state index contributed by atoms with van der Waals surface area (Å²) >= 11 is 6.13. The number of hydrogen-bond acceptors (Lipinski definition) is 4. The lowest BCUT2D eigenvalue weighted by Crippen LogP contribution is -2.41. The van der Waals surface area contributed by atoms with Gasteiger partial charge in [-0.3, -0.25) is 4.79 Å². The summed E-state index contributed by atoms with van der Waals surface area (Å²) < 4.78 is 29.1. The van der Waals surface area contributed by atoms with Crippen LogP contribution in [0.4, 0.5) is 0 Å². The Kier molecular flexibility index (Phi) is 4.14. The summed E-state index contributed by atoms with van der Waals surface area (Å²) in [5.74, 6) is 0.109. The van der Waals surface area contributed by atoms with Gasteiger partial charge in [0.15, 0.2) is 21.2 Å². The number of benzene rings is 1. The number of para-hydroxylation sites is 1. The van der Waals surface area contributed by atoms with E-state index in [0.717, 1.165) is 10.9 Å². The minimum Gasteiger partial charge on any atom is -0.449 e. The van der Waals surface area contributed by atoms with Gasteiger partial charge in [0, 0.05) is 23.5 Å². The molecule has 1 atom stereocenters. The number of halogens is 1. The summed E-state index contributed by atoms with van der Waals surface area (Å²) in [4.78, 5) is 14.5. The minimum atomic E-state index is -3.05. The second kappa shape index (κ2) is 5.83. The maximum absolute atomic E-state index is 12.9. The van der Waals surface area contributed by atoms with E-state index >= 15 is 0 Å². The molecule has 2 aromatic rings. The number of furan rings is 1. The van der Waals surface area contributed by atoms with Gasteiger partial charge in [0.25, 0.3) is 5.91 Å². The molecule has 0 saturated carbocycles. The fourth-order valence-electron chi connectivity index (χ4n) is 3.13. The Morgan fingerprint density at radius 3 is 2.74 bits per heavy atom. The van der Waals surface area contributed by atoms with Crippen molar-refractivity contribution in [1.82, 2.24) is 4.90 Å². The normalized spacial score (nSPS) is 20.0. The van der Waals surface area contributed by atoms with E-state index in [-0.39, 0.29) is 29.2 Å². The molecule has 5 nitrogen and oxygen atoms in total. The first kappa shape index (κ1) is 16.3. The van der Waals surface area contributed by atoms with E-state index in [0.29, 0.717) is 23.6 Å². The van der Waals surface area contributed by atoms with E-state index in [1.165, 1.54) is 0 Å². The Morgan fingerprint density at radius 2 is 2.17 bits per heavy atom. The van der Waals surface area contributed by atoms with E-state index in [1.54, 1.807) is 11.0 Å². The summed E-state index contributed by atoms with van der Waals surface area (Å²) in [5, 5.41) is 1.26. The molecule has 0 N–H and O–H groups in total. The van der Waals surface area contributed by atoms with Gasteiger partial charge < -0.3 is 9.32 Å². The molecule has 1 aliphatic rings. The van der Waals surface area contributed by atoms with Gasteiger partial charge in [-0.2, -0.15) is 0 Å². The number of hydrogen-bond donors (Lipinski definition) is 0. The third-order valence-corrected chi connectivity index (χ3v) is 6.41. The van der Waals surface area contributed by atoms with E-state index in [4.69, 9.17) is 16.0 Å². The second-order valence-corrected chi connectivity index (χ2v) is 8.46. The molecule has 1 saturated heterocycles. The standard InChI is InChI=1S/C16H18ClNO4S/c1-3-18(11-7-8-23(20,21)9-11)16(19)14-10(2)12-5-4-6-13(17)15(12)22-14/h4-6,11H,3,7-9H2,1-2H3. The summed E-state index contributed by atoms with van der Waals surface area (Å²) in [6, 6.07) is 5.08. The first-order chi connectivity index (χ1) is 10.8. The molecule has 23 heavy (non-hydrogen) atoms. The molecule has 0 aliphatic carbocycles. The highest BCUT2D eigenvalue weighted by Crippen LogP contribution is 2.32. The van der Waals surface area contributed by atoms with Crippen molar-refractivity contribution in [2.45, 2.75) is 26.3 Å². The molecule has 0 spiro atoms. The lowest BCUT2D eigenvalue weighted by molar-refractivity contribution is 0.0677. The number of nitrogens with zero attached hydrogens (tertiary/aromatic N) is 1. The highest BCUT2D eigenvalue weighted by Gasteiger charge is 2.35. The Labute approximate surface area is 140 Å². The third kappa shape index (κ3) is 2.85. The van der Waals surface area contributed by atoms with Crippen molar-refractivity contribution in [3.05, 3.63) is 34.5 Å². The van der Waals surface area contributed by atoms with E-state index in [2.05, 4.69) is 0 Å². The van der Waals surface area contributed by atoms with Gasteiger partial charge in [-0.15, -0.1) is 0 Å². The fourth-order valence-corrected chi connectivity index (χ4v) is 5.08. The number of amides is 1. The van der Waals surface area contributed by atoms with Crippen LogP contribution in [0.15, 0.2) is 22.6 Å². The average molecular weight is 356 g/mol.